The maximum Gasteiger partial charge on any atom is 0.325 e. The molecule has 1 aromatic heterocycles. The van der Waals surface area contributed by atoms with Crippen molar-refractivity contribution < 1.29 is 14.6 Å². The predicted octanol–water partition coefficient (Wildman–Crippen LogP) is 2.86. The van der Waals surface area contributed by atoms with Crippen LogP contribution in [-0.2, 0) is 11.3 Å². The van der Waals surface area contributed by atoms with Gasteiger partial charge in [-0.15, -0.1) is 0 Å². The van der Waals surface area contributed by atoms with E-state index in [1.54, 1.807) is 24.5 Å². The highest BCUT2D eigenvalue weighted by Crippen LogP contribution is 2.30. The minimum Gasteiger partial charge on any atom is -0.492 e. The van der Waals surface area contributed by atoms with Crippen LogP contribution < -0.4 is 4.74 Å². The molecule has 1 aromatic carbocycles. The maximum absolute atomic E-state index is 11.8. The molecule has 114 valence electrons. The number of nitrogens with zero attached hydrogens (tertiary/aromatic N) is 2. The molecule has 1 atom stereocenters. The molecule has 0 bridgehead atoms. The molecule has 22 heavy (non-hydrogen) atoms. The fraction of sp³-hybridized carbons (Fsp3) is 0.250. The summed E-state index contributed by atoms with van der Waals surface area (Å²) in [6.07, 6.45) is 3.24. The summed E-state index contributed by atoms with van der Waals surface area (Å²) >= 11 is 3.45. The number of benzene rings is 1. The Balaban J connectivity index is 1.94. The highest BCUT2D eigenvalue weighted by atomic mass is 79.9. The molecule has 1 N–H and O–H groups in total. The summed E-state index contributed by atoms with van der Waals surface area (Å²) in [4.78, 5) is 17.7. The number of hydrogen-bond donors (Lipinski definition) is 1. The van der Waals surface area contributed by atoms with E-state index in [0.717, 1.165) is 15.8 Å². The summed E-state index contributed by atoms with van der Waals surface area (Å²) in [7, 11) is 0. The van der Waals surface area contributed by atoms with Gasteiger partial charge in [0, 0.05) is 35.5 Å². The summed E-state index contributed by atoms with van der Waals surface area (Å²) < 4.78 is 6.68. The fourth-order valence-electron chi connectivity index (χ4n) is 2.65. The molecule has 0 saturated carbocycles. The molecule has 2 aromatic rings. The number of aromatic nitrogens is 1. The van der Waals surface area contributed by atoms with E-state index in [2.05, 4.69) is 20.9 Å². The maximum atomic E-state index is 11.8. The number of carboxylic acids is 1. The Morgan fingerprint density at radius 2 is 2.27 bits per heavy atom. The van der Waals surface area contributed by atoms with Gasteiger partial charge in [0.25, 0.3) is 0 Å². The van der Waals surface area contributed by atoms with Crippen LogP contribution >= 0.6 is 15.9 Å². The third-order valence-electron chi connectivity index (χ3n) is 3.63. The van der Waals surface area contributed by atoms with Gasteiger partial charge >= 0.3 is 5.97 Å². The quantitative estimate of drug-likeness (QED) is 0.909. The van der Waals surface area contributed by atoms with Crippen LogP contribution in [0.5, 0.6) is 5.75 Å². The Kier molecular flexibility index (Phi) is 4.40. The number of carboxylic acid groups (broad SMARTS) is 1. The first-order valence-corrected chi connectivity index (χ1v) is 7.72. The van der Waals surface area contributed by atoms with Crippen LogP contribution in [0.2, 0.25) is 0 Å². The van der Waals surface area contributed by atoms with Gasteiger partial charge in [-0.3, -0.25) is 14.7 Å². The van der Waals surface area contributed by atoms with Crippen molar-refractivity contribution in [2.45, 2.75) is 12.6 Å². The number of halogens is 1. The summed E-state index contributed by atoms with van der Waals surface area (Å²) in [6, 6.07) is 8.61. The molecule has 0 fully saturated rings. The molecule has 1 unspecified atom stereocenters. The summed E-state index contributed by atoms with van der Waals surface area (Å²) in [5.41, 5.74) is 1.65. The van der Waals surface area contributed by atoms with Gasteiger partial charge in [-0.2, -0.15) is 0 Å². The molecule has 0 saturated heterocycles. The van der Waals surface area contributed by atoms with Crippen molar-refractivity contribution in [3.63, 3.8) is 0 Å². The van der Waals surface area contributed by atoms with E-state index in [9.17, 15) is 9.90 Å². The number of aliphatic carboxylic acids is 1. The number of ether oxygens (including phenoxy) is 1. The van der Waals surface area contributed by atoms with E-state index in [1.807, 2.05) is 23.1 Å². The van der Waals surface area contributed by atoms with E-state index >= 15 is 0 Å². The zero-order valence-corrected chi connectivity index (χ0v) is 13.4. The van der Waals surface area contributed by atoms with E-state index in [0.29, 0.717) is 25.3 Å². The molecule has 0 radical (unpaired) electrons. The number of rotatable bonds is 3. The van der Waals surface area contributed by atoms with E-state index in [1.165, 1.54) is 0 Å². The van der Waals surface area contributed by atoms with Crippen molar-refractivity contribution in [2.75, 3.05) is 13.2 Å². The Morgan fingerprint density at radius 1 is 1.41 bits per heavy atom. The van der Waals surface area contributed by atoms with Gasteiger partial charge in [0.1, 0.15) is 18.4 Å². The minimum absolute atomic E-state index is 0.457. The molecule has 1 aliphatic heterocycles. The van der Waals surface area contributed by atoms with Gasteiger partial charge in [0.05, 0.1) is 0 Å². The average Bonchev–Trinajstić information content (AvgIpc) is 2.70. The van der Waals surface area contributed by atoms with Crippen molar-refractivity contribution in [1.82, 2.24) is 9.88 Å². The lowest BCUT2D eigenvalue weighted by molar-refractivity contribution is -0.144. The molecule has 2 heterocycles. The Bertz CT molecular complexity index is 678. The van der Waals surface area contributed by atoms with E-state index in [-0.39, 0.29) is 0 Å². The highest BCUT2D eigenvalue weighted by molar-refractivity contribution is 9.10. The van der Waals surface area contributed by atoms with Crippen LogP contribution in [0.15, 0.2) is 47.2 Å². The Morgan fingerprint density at radius 3 is 3.00 bits per heavy atom. The van der Waals surface area contributed by atoms with Crippen molar-refractivity contribution in [3.05, 3.63) is 58.3 Å². The third-order valence-corrected chi connectivity index (χ3v) is 4.12. The molecular weight excluding hydrogens is 348 g/mol. The summed E-state index contributed by atoms with van der Waals surface area (Å²) in [6.45, 7) is 1.51. The van der Waals surface area contributed by atoms with Gasteiger partial charge in [-0.05, 0) is 29.8 Å². The largest absolute Gasteiger partial charge is 0.492 e. The van der Waals surface area contributed by atoms with Crippen LogP contribution in [0.25, 0.3) is 0 Å². The summed E-state index contributed by atoms with van der Waals surface area (Å²) in [5, 5.41) is 9.65. The molecule has 0 amide bonds. The lowest BCUT2D eigenvalue weighted by atomic mass is 10.1. The van der Waals surface area contributed by atoms with Crippen molar-refractivity contribution in [1.29, 1.82) is 0 Å². The van der Waals surface area contributed by atoms with Crippen molar-refractivity contribution in [3.8, 4) is 5.75 Å². The summed E-state index contributed by atoms with van der Waals surface area (Å²) in [5.74, 6) is -0.0764. The molecule has 6 heteroatoms. The van der Waals surface area contributed by atoms with Gasteiger partial charge < -0.3 is 9.84 Å². The molecule has 1 aliphatic rings. The Labute approximate surface area is 136 Å². The van der Waals surface area contributed by atoms with Crippen molar-refractivity contribution >= 4 is 21.9 Å². The normalized spacial score (nSPS) is 16.2. The lowest BCUT2D eigenvalue weighted by Gasteiger charge is -2.26. The van der Waals surface area contributed by atoms with Gasteiger partial charge in [0.15, 0.2) is 0 Å². The van der Waals surface area contributed by atoms with E-state index in [4.69, 9.17) is 4.74 Å². The first-order chi connectivity index (χ1) is 10.6. The minimum atomic E-state index is -0.883. The molecule has 0 aliphatic carbocycles. The topological polar surface area (TPSA) is 62.7 Å². The first-order valence-electron chi connectivity index (χ1n) is 6.93. The highest BCUT2D eigenvalue weighted by Gasteiger charge is 2.29. The van der Waals surface area contributed by atoms with Gasteiger partial charge in [-0.1, -0.05) is 22.0 Å². The third kappa shape index (κ3) is 3.13. The molecule has 0 spiro atoms. The predicted molar refractivity (Wildman–Crippen MR) is 84.7 cm³/mol. The standard InChI is InChI=1S/C16H15BrN2O3/c17-13-3-4-14-12(8-13)10-19(6-7-22-14)15(16(20)21)11-2-1-5-18-9-11/h1-5,8-9,15H,6-7,10H2,(H,20,21). The van der Waals surface area contributed by atoms with Crippen LogP contribution in [0.3, 0.4) is 0 Å². The van der Waals surface area contributed by atoms with E-state index < -0.39 is 12.0 Å². The fourth-order valence-corrected chi connectivity index (χ4v) is 3.06. The second kappa shape index (κ2) is 6.46. The van der Waals surface area contributed by atoms with Crippen LogP contribution in [0, 0.1) is 0 Å². The SMILES string of the molecule is O=C(O)C(c1cccnc1)N1CCOc2ccc(Br)cc2C1. The van der Waals surface area contributed by atoms with Gasteiger partial charge in [0.2, 0.25) is 0 Å². The van der Waals surface area contributed by atoms with Gasteiger partial charge in [-0.25, -0.2) is 0 Å². The monoisotopic (exact) mass is 362 g/mol. The lowest BCUT2D eigenvalue weighted by Crippen LogP contribution is -2.35. The molecule has 3 rings (SSSR count). The smallest absolute Gasteiger partial charge is 0.325 e. The number of pyridine rings is 1. The molecular formula is C16H15BrN2O3. The Hall–Kier alpha value is -1.92. The van der Waals surface area contributed by atoms with Crippen LogP contribution in [-0.4, -0.2) is 34.1 Å². The molecule has 5 nitrogen and oxygen atoms in total. The average molecular weight is 363 g/mol. The van der Waals surface area contributed by atoms with Crippen molar-refractivity contribution in [2.24, 2.45) is 0 Å². The van der Waals surface area contributed by atoms with Crippen LogP contribution in [0.1, 0.15) is 17.2 Å². The van der Waals surface area contributed by atoms with Crippen LogP contribution in [0.4, 0.5) is 0 Å². The first kappa shape index (κ1) is 15.0. The zero-order valence-electron chi connectivity index (χ0n) is 11.8. The number of fused-ring (bicyclic) bond motifs is 1. The number of carbonyl (C=O) groups is 1. The number of hydrogen-bond acceptors (Lipinski definition) is 4. The second-order valence-corrected chi connectivity index (χ2v) is 6.01. The zero-order chi connectivity index (χ0) is 15.5. The second-order valence-electron chi connectivity index (χ2n) is 5.10.